The molecule has 0 saturated carbocycles. The monoisotopic (exact) mass is 411 g/mol. The second-order valence-electron chi connectivity index (χ2n) is 7.40. The lowest BCUT2D eigenvalue weighted by Gasteiger charge is -2.23. The van der Waals surface area contributed by atoms with E-state index in [9.17, 15) is 13.2 Å². The third-order valence-electron chi connectivity index (χ3n) is 5.38. The molecule has 1 aliphatic rings. The second kappa shape index (κ2) is 10.2. The Labute approximate surface area is 169 Å². The minimum atomic E-state index is -3.59. The molecule has 2 rings (SSSR count). The molecular weight excluding hydrogens is 378 g/mol. The van der Waals surface area contributed by atoms with Crippen LogP contribution >= 0.6 is 0 Å². The Morgan fingerprint density at radius 3 is 2.46 bits per heavy atom. The minimum Gasteiger partial charge on any atom is -0.495 e. The molecule has 1 saturated heterocycles. The summed E-state index contributed by atoms with van der Waals surface area (Å²) >= 11 is 0. The average molecular weight is 412 g/mol. The number of benzene rings is 1. The minimum absolute atomic E-state index is 0.181. The van der Waals surface area contributed by atoms with Gasteiger partial charge in [-0.2, -0.15) is 4.31 Å². The van der Waals surface area contributed by atoms with Crippen LogP contribution in [0.4, 0.5) is 5.69 Å². The van der Waals surface area contributed by atoms with Gasteiger partial charge in [0.25, 0.3) is 0 Å². The lowest BCUT2D eigenvalue weighted by Crippen LogP contribution is -2.36. The van der Waals surface area contributed by atoms with Crippen LogP contribution in [0, 0.1) is 0 Å². The molecule has 1 unspecified atom stereocenters. The molecule has 28 heavy (non-hydrogen) atoms. The lowest BCUT2D eigenvalue weighted by atomic mass is 10.2. The van der Waals surface area contributed by atoms with Crippen molar-refractivity contribution in [2.45, 2.75) is 56.9 Å². The number of carbonyl (C=O) groups excluding carboxylic acids is 1. The first-order valence-corrected chi connectivity index (χ1v) is 11.4. The highest BCUT2D eigenvalue weighted by Gasteiger charge is 2.26. The topological polar surface area (TPSA) is 79.0 Å². The van der Waals surface area contributed by atoms with E-state index in [0.717, 1.165) is 32.1 Å². The third kappa shape index (κ3) is 5.68. The molecule has 1 amide bonds. The van der Waals surface area contributed by atoms with Crippen molar-refractivity contribution in [1.82, 2.24) is 9.21 Å². The number of nitrogens with zero attached hydrogens (tertiary/aromatic N) is 2. The van der Waals surface area contributed by atoms with Gasteiger partial charge in [-0.15, -0.1) is 0 Å². The van der Waals surface area contributed by atoms with Crippen LogP contribution < -0.4 is 10.1 Å². The van der Waals surface area contributed by atoms with Crippen LogP contribution in [0.1, 0.15) is 46.0 Å². The van der Waals surface area contributed by atoms with Crippen LogP contribution in [-0.4, -0.2) is 63.4 Å². The highest BCUT2D eigenvalue weighted by Crippen LogP contribution is 2.29. The van der Waals surface area contributed by atoms with Crippen molar-refractivity contribution in [2.75, 3.05) is 39.1 Å². The maximum atomic E-state index is 13.0. The number of nitrogens with one attached hydrogen (secondary N) is 1. The van der Waals surface area contributed by atoms with Crippen molar-refractivity contribution in [1.29, 1.82) is 0 Å². The predicted molar refractivity (Wildman–Crippen MR) is 111 cm³/mol. The normalized spacial score (nSPS) is 17.2. The molecule has 0 aromatic heterocycles. The molecule has 1 heterocycles. The molecule has 0 spiro atoms. The fraction of sp³-hybridized carbons (Fsp3) is 0.650. The molecule has 1 aliphatic heterocycles. The van der Waals surface area contributed by atoms with E-state index in [0.29, 0.717) is 24.5 Å². The van der Waals surface area contributed by atoms with Gasteiger partial charge in [0.05, 0.1) is 24.2 Å². The maximum absolute atomic E-state index is 13.0. The number of hydrogen-bond donors (Lipinski definition) is 1. The first-order chi connectivity index (χ1) is 13.3. The molecule has 1 fully saturated rings. The molecule has 0 bridgehead atoms. The van der Waals surface area contributed by atoms with Crippen LogP contribution in [0.3, 0.4) is 0 Å². The van der Waals surface area contributed by atoms with E-state index in [1.165, 1.54) is 13.2 Å². The van der Waals surface area contributed by atoms with Gasteiger partial charge in [0.1, 0.15) is 5.75 Å². The number of methoxy groups -OCH3 is 1. The highest BCUT2D eigenvalue weighted by atomic mass is 32.2. The zero-order valence-electron chi connectivity index (χ0n) is 17.4. The summed E-state index contributed by atoms with van der Waals surface area (Å²) in [5, 5.41) is 2.81. The number of carbonyl (C=O) groups is 1. The summed E-state index contributed by atoms with van der Waals surface area (Å²) in [6, 6.07) is 4.92. The molecule has 1 atom stereocenters. The largest absolute Gasteiger partial charge is 0.495 e. The summed E-state index contributed by atoms with van der Waals surface area (Å²) in [7, 11) is -0.200. The van der Waals surface area contributed by atoms with Crippen LogP contribution in [-0.2, 0) is 14.8 Å². The predicted octanol–water partition coefficient (Wildman–Crippen LogP) is 2.93. The van der Waals surface area contributed by atoms with Gasteiger partial charge in [0.15, 0.2) is 0 Å². The number of anilines is 1. The van der Waals surface area contributed by atoms with Crippen LogP contribution in [0.5, 0.6) is 5.75 Å². The van der Waals surface area contributed by atoms with Crippen LogP contribution in [0.2, 0.25) is 0 Å². The second-order valence-corrected chi connectivity index (χ2v) is 9.34. The van der Waals surface area contributed by atoms with Crippen molar-refractivity contribution in [2.24, 2.45) is 0 Å². The van der Waals surface area contributed by atoms with Crippen LogP contribution in [0.15, 0.2) is 23.1 Å². The molecule has 1 aromatic carbocycles. The molecule has 0 radical (unpaired) electrons. The van der Waals surface area contributed by atoms with E-state index in [1.54, 1.807) is 16.4 Å². The van der Waals surface area contributed by atoms with Crippen molar-refractivity contribution in [3.8, 4) is 5.75 Å². The fourth-order valence-electron chi connectivity index (χ4n) is 3.26. The van der Waals surface area contributed by atoms with Gasteiger partial charge in [0, 0.05) is 19.1 Å². The SMILES string of the molecule is CCC(C)N(C)CC(=O)Nc1cc(S(=O)(=O)N2CCCCCC2)ccc1OC. The van der Waals surface area contributed by atoms with Crippen molar-refractivity contribution in [3.63, 3.8) is 0 Å². The van der Waals surface area contributed by atoms with Gasteiger partial charge in [-0.05, 0) is 51.4 Å². The summed E-state index contributed by atoms with van der Waals surface area (Å²) in [6.07, 6.45) is 4.80. The molecule has 1 N–H and O–H groups in total. The van der Waals surface area contributed by atoms with Gasteiger partial charge in [0.2, 0.25) is 15.9 Å². The van der Waals surface area contributed by atoms with Gasteiger partial charge in [-0.1, -0.05) is 19.8 Å². The third-order valence-corrected chi connectivity index (χ3v) is 7.28. The number of likely N-dealkylation sites (N-methyl/N-ethyl adjacent to an activating group) is 1. The Bertz CT molecular complexity index is 759. The van der Waals surface area contributed by atoms with Gasteiger partial charge in [-0.3, -0.25) is 9.69 Å². The van der Waals surface area contributed by atoms with Crippen LogP contribution in [0.25, 0.3) is 0 Å². The zero-order chi connectivity index (χ0) is 20.7. The van der Waals surface area contributed by atoms with Gasteiger partial charge >= 0.3 is 0 Å². The smallest absolute Gasteiger partial charge is 0.243 e. The molecular formula is C20H33N3O4S. The number of hydrogen-bond acceptors (Lipinski definition) is 5. The summed E-state index contributed by atoms with van der Waals surface area (Å²) in [5.41, 5.74) is 0.376. The van der Waals surface area contributed by atoms with E-state index < -0.39 is 10.0 Å². The highest BCUT2D eigenvalue weighted by molar-refractivity contribution is 7.89. The number of rotatable bonds is 8. The Morgan fingerprint density at radius 2 is 1.89 bits per heavy atom. The van der Waals surface area contributed by atoms with E-state index in [1.807, 2.05) is 11.9 Å². The number of ether oxygens (including phenoxy) is 1. The maximum Gasteiger partial charge on any atom is 0.243 e. The first-order valence-electron chi connectivity index (χ1n) is 9.97. The Balaban J connectivity index is 2.22. The fourth-order valence-corrected chi connectivity index (χ4v) is 4.80. The first kappa shape index (κ1) is 22.6. The van der Waals surface area contributed by atoms with E-state index in [-0.39, 0.29) is 23.4 Å². The summed E-state index contributed by atoms with van der Waals surface area (Å²) in [6.45, 7) is 5.42. The van der Waals surface area contributed by atoms with Gasteiger partial charge < -0.3 is 10.1 Å². The average Bonchev–Trinajstić information content (AvgIpc) is 2.97. The summed E-state index contributed by atoms with van der Waals surface area (Å²) in [4.78, 5) is 14.6. The van der Waals surface area contributed by atoms with Crippen molar-refractivity contribution in [3.05, 3.63) is 18.2 Å². The number of amides is 1. The Morgan fingerprint density at radius 1 is 1.25 bits per heavy atom. The zero-order valence-corrected chi connectivity index (χ0v) is 18.2. The Kier molecular flexibility index (Phi) is 8.27. The molecule has 1 aromatic rings. The van der Waals surface area contributed by atoms with E-state index >= 15 is 0 Å². The molecule has 8 heteroatoms. The Hall–Kier alpha value is -1.64. The quantitative estimate of drug-likeness (QED) is 0.712. The van der Waals surface area contributed by atoms with Crippen molar-refractivity contribution >= 4 is 21.6 Å². The summed E-state index contributed by atoms with van der Waals surface area (Å²) < 4.78 is 33.0. The standard InChI is InChI=1S/C20H33N3O4S/c1-5-16(2)22(3)15-20(24)21-18-14-17(10-11-19(18)27-4)28(25,26)23-12-8-6-7-9-13-23/h10-11,14,16H,5-9,12-13,15H2,1-4H3,(H,21,24). The molecule has 158 valence electrons. The molecule has 7 nitrogen and oxygen atoms in total. The van der Waals surface area contributed by atoms with Gasteiger partial charge in [-0.25, -0.2) is 8.42 Å². The lowest BCUT2D eigenvalue weighted by molar-refractivity contribution is -0.117. The number of sulfonamides is 1. The van der Waals surface area contributed by atoms with E-state index in [4.69, 9.17) is 4.74 Å². The molecule has 0 aliphatic carbocycles. The summed E-state index contributed by atoms with van der Waals surface area (Å²) in [5.74, 6) is 0.236. The van der Waals surface area contributed by atoms with E-state index in [2.05, 4.69) is 19.2 Å². The van der Waals surface area contributed by atoms with Crippen molar-refractivity contribution < 1.29 is 17.9 Å².